The Balaban J connectivity index is 1.96. The number of rotatable bonds is 7. The summed E-state index contributed by atoms with van der Waals surface area (Å²) in [4.78, 5) is 17.1. The lowest BCUT2D eigenvalue weighted by atomic mass is 10.1. The molecule has 0 amide bonds. The fourth-order valence-electron chi connectivity index (χ4n) is 2.41. The molecule has 1 aliphatic carbocycles. The summed E-state index contributed by atoms with van der Waals surface area (Å²) in [6, 6.07) is 2.05. The molecule has 100 valence electrons. The molecule has 1 aromatic heterocycles. The van der Waals surface area contributed by atoms with Gasteiger partial charge in [-0.05, 0) is 51.6 Å². The Labute approximate surface area is 114 Å². The van der Waals surface area contributed by atoms with Crippen LogP contribution in [-0.4, -0.2) is 30.3 Å². The molecule has 0 saturated heterocycles. The lowest BCUT2D eigenvalue weighted by Crippen LogP contribution is -2.32. The minimum Gasteiger partial charge on any atom is -0.296 e. The van der Waals surface area contributed by atoms with Gasteiger partial charge in [0.2, 0.25) is 0 Å². The predicted octanol–water partition coefficient (Wildman–Crippen LogP) is 3.67. The van der Waals surface area contributed by atoms with Gasteiger partial charge in [0.05, 0.1) is 6.54 Å². The predicted molar refractivity (Wildman–Crippen MR) is 77.6 cm³/mol. The molecule has 0 bridgehead atoms. The highest BCUT2D eigenvalue weighted by atomic mass is 32.1. The average Bonchev–Trinajstić information content (AvgIpc) is 3.03. The highest BCUT2D eigenvalue weighted by Crippen LogP contribution is 2.30. The van der Waals surface area contributed by atoms with Crippen molar-refractivity contribution in [3.8, 4) is 0 Å². The van der Waals surface area contributed by atoms with Crippen molar-refractivity contribution in [2.75, 3.05) is 19.6 Å². The molecule has 2 nitrogen and oxygen atoms in total. The van der Waals surface area contributed by atoms with E-state index in [2.05, 4.69) is 25.7 Å². The molecule has 1 heterocycles. The summed E-state index contributed by atoms with van der Waals surface area (Å²) in [5.74, 6) is 1.15. The van der Waals surface area contributed by atoms with E-state index in [0.717, 1.165) is 31.0 Å². The molecule has 1 fully saturated rings. The van der Waals surface area contributed by atoms with Crippen LogP contribution in [0.4, 0.5) is 0 Å². The number of carbonyl (C=O) groups excluding carboxylic acids is 1. The van der Waals surface area contributed by atoms with Crippen LogP contribution in [0.1, 0.15) is 46.3 Å². The zero-order chi connectivity index (χ0) is 13.1. The van der Waals surface area contributed by atoms with Crippen LogP contribution in [-0.2, 0) is 0 Å². The van der Waals surface area contributed by atoms with E-state index in [1.807, 2.05) is 6.07 Å². The number of thiophene rings is 1. The standard InChI is InChI=1S/C15H23NOS/c1-4-7-16(9-13-5-6-13)10-15(17)14-8-11(2)18-12(14)3/h8,13H,4-7,9-10H2,1-3H3. The summed E-state index contributed by atoms with van der Waals surface area (Å²) < 4.78 is 0. The number of carbonyl (C=O) groups is 1. The van der Waals surface area contributed by atoms with Gasteiger partial charge >= 0.3 is 0 Å². The van der Waals surface area contributed by atoms with Crippen molar-refractivity contribution in [3.05, 3.63) is 21.4 Å². The first kappa shape index (κ1) is 13.8. The van der Waals surface area contributed by atoms with E-state index in [-0.39, 0.29) is 0 Å². The molecule has 2 rings (SSSR count). The van der Waals surface area contributed by atoms with Crippen LogP contribution in [0, 0.1) is 19.8 Å². The maximum Gasteiger partial charge on any atom is 0.177 e. The van der Waals surface area contributed by atoms with Gasteiger partial charge in [-0.25, -0.2) is 0 Å². The van der Waals surface area contributed by atoms with Gasteiger partial charge in [0, 0.05) is 21.9 Å². The molecule has 0 aliphatic heterocycles. The summed E-state index contributed by atoms with van der Waals surface area (Å²) in [5, 5.41) is 0. The lowest BCUT2D eigenvalue weighted by molar-refractivity contribution is 0.0927. The first-order valence-corrected chi connectivity index (χ1v) is 7.74. The summed E-state index contributed by atoms with van der Waals surface area (Å²) in [7, 11) is 0. The molecule has 0 radical (unpaired) electrons. The van der Waals surface area contributed by atoms with Crippen LogP contribution in [0.15, 0.2) is 6.07 Å². The van der Waals surface area contributed by atoms with Crippen molar-refractivity contribution < 1.29 is 4.79 Å². The van der Waals surface area contributed by atoms with E-state index < -0.39 is 0 Å². The van der Waals surface area contributed by atoms with Crippen LogP contribution < -0.4 is 0 Å². The molecule has 0 aromatic carbocycles. The molecule has 0 N–H and O–H groups in total. The van der Waals surface area contributed by atoms with Crippen LogP contribution in [0.25, 0.3) is 0 Å². The number of nitrogens with zero attached hydrogens (tertiary/aromatic N) is 1. The van der Waals surface area contributed by atoms with E-state index >= 15 is 0 Å². The fraction of sp³-hybridized carbons (Fsp3) is 0.667. The van der Waals surface area contributed by atoms with Crippen molar-refractivity contribution in [3.63, 3.8) is 0 Å². The van der Waals surface area contributed by atoms with Gasteiger partial charge in [-0.3, -0.25) is 9.69 Å². The number of Topliss-reactive ketones (excluding diaryl/α,β-unsaturated/α-hetero) is 1. The largest absolute Gasteiger partial charge is 0.296 e. The third-order valence-corrected chi connectivity index (χ3v) is 4.43. The Kier molecular flexibility index (Phi) is 4.57. The van der Waals surface area contributed by atoms with Gasteiger partial charge in [0.15, 0.2) is 5.78 Å². The SMILES string of the molecule is CCCN(CC(=O)c1cc(C)sc1C)CC1CC1. The van der Waals surface area contributed by atoms with Crippen LogP contribution in [0.5, 0.6) is 0 Å². The number of hydrogen-bond donors (Lipinski definition) is 0. The minimum atomic E-state index is 0.297. The molecule has 3 heteroatoms. The van der Waals surface area contributed by atoms with Gasteiger partial charge in [-0.1, -0.05) is 6.92 Å². The summed E-state index contributed by atoms with van der Waals surface area (Å²) in [6.07, 6.45) is 3.83. The minimum absolute atomic E-state index is 0.297. The van der Waals surface area contributed by atoms with Gasteiger partial charge in [-0.15, -0.1) is 11.3 Å². The zero-order valence-electron chi connectivity index (χ0n) is 11.7. The third kappa shape index (κ3) is 3.66. The summed E-state index contributed by atoms with van der Waals surface area (Å²) in [5.41, 5.74) is 0.939. The quantitative estimate of drug-likeness (QED) is 0.701. The monoisotopic (exact) mass is 265 g/mol. The Morgan fingerprint density at radius 1 is 1.44 bits per heavy atom. The first-order valence-electron chi connectivity index (χ1n) is 6.92. The lowest BCUT2D eigenvalue weighted by Gasteiger charge is -2.20. The second-order valence-corrected chi connectivity index (χ2v) is 6.89. The highest BCUT2D eigenvalue weighted by Gasteiger charge is 2.25. The van der Waals surface area contributed by atoms with Crippen LogP contribution in [0.3, 0.4) is 0 Å². The first-order chi connectivity index (χ1) is 8.60. The van der Waals surface area contributed by atoms with Crippen molar-refractivity contribution in [2.45, 2.75) is 40.0 Å². The van der Waals surface area contributed by atoms with Gasteiger partial charge in [-0.2, -0.15) is 0 Å². The molecule has 0 spiro atoms. The summed E-state index contributed by atoms with van der Waals surface area (Å²) in [6.45, 7) is 9.07. The molecule has 0 unspecified atom stereocenters. The molecular formula is C15H23NOS. The second kappa shape index (κ2) is 5.98. The Bertz CT molecular complexity index is 420. The van der Waals surface area contributed by atoms with Crippen molar-refractivity contribution in [1.82, 2.24) is 4.90 Å². The summed E-state index contributed by atoms with van der Waals surface area (Å²) >= 11 is 1.72. The van der Waals surface area contributed by atoms with E-state index in [4.69, 9.17) is 0 Å². The van der Waals surface area contributed by atoms with E-state index in [1.165, 1.54) is 22.6 Å². The number of ketones is 1. The smallest absolute Gasteiger partial charge is 0.177 e. The highest BCUT2D eigenvalue weighted by molar-refractivity contribution is 7.12. The zero-order valence-corrected chi connectivity index (χ0v) is 12.5. The van der Waals surface area contributed by atoms with Crippen molar-refractivity contribution >= 4 is 17.1 Å². The third-order valence-electron chi connectivity index (χ3n) is 3.46. The van der Waals surface area contributed by atoms with Crippen LogP contribution in [0.2, 0.25) is 0 Å². The van der Waals surface area contributed by atoms with Crippen molar-refractivity contribution in [2.24, 2.45) is 5.92 Å². The topological polar surface area (TPSA) is 20.3 Å². The molecule has 1 aromatic rings. The number of hydrogen-bond acceptors (Lipinski definition) is 3. The Hall–Kier alpha value is -0.670. The maximum absolute atomic E-state index is 12.3. The normalized spacial score (nSPS) is 15.3. The van der Waals surface area contributed by atoms with Gasteiger partial charge < -0.3 is 0 Å². The van der Waals surface area contributed by atoms with Crippen molar-refractivity contribution in [1.29, 1.82) is 0 Å². The van der Waals surface area contributed by atoms with Gasteiger partial charge in [0.1, 0.15) is 0 Å². The van der Waals surface area contributed by atoms with Gasteiger partial charge in [0.25, 0.3) is 0 Å². The Morgan fingerprint density at radius 3 is 2.67 bits per heavy atom. The Morgan fingerprint density at radius 2 is 2.17 bits per heavy atom. The fourth-order valence-corrected chi connectivity index (χ4v) is 3.36. The molecule has 1 saturated carbocycles. The second-order valence-electron chi connectivity index (χ2n) is 5.43. The van der Waals surface area contributed by atoms with E-state index in [1.54, 1.807) is 11.3 Å². The molecule has 1 aliphatic rings. The molecule has 18 heavy (non-hydrogen) atoms. The van der Waals surface area contributed by atoms with E-state index in [9.17, 15) is 4.79 Å². The average molecular weight is 265 g/mol. The maximum atomic E-state index is 12.3. The number of aryl methyl sites for hydroxylation is 2. The van der Waals surface area contributed by atoms with Crippen LogP contribution >= 0.6 is 11.3 Å². The molecule has 0 atom stereocenters. The molecular weight excluding hydrogens is 242 g/mol. The van der Waals surface area contributed by atoms with E-state index in [0.29, 0.717) is 12.3 Å².